The van der Waals surface area contributed by atoms with E-state index >= 15 is 0 Å². The van der Waals surface area contributed by atoms with Gasteiger partial charge in [0.05, 0.1) is 13.0 Å². The Morgan fingerprint density at radius 1 is 1.25 bits per heavy atom. The lowest BCUT2D eigenvalue weighted by atomic mass is 9.99. The number of rotatable bonds is 1. The molecule has 1 aromatic rings. The third-order valence-electron chi connectivity index (χ3n) is 2.13. The van der Waals surface area contributed by atoms with Crippen molar-refractivity contribution in [1.29, 1.82) is 0 Å². The second-order valence-electron chi connectivity index (χ2n) is 2.99. The number of carbonyl (C=O) groups excluding carboxylic acids is 1. The molecule has 1 aromatic carbocycles. The summed E-state index contributed by atoms with van der Waals surface area (Å²) in [6, 6.07) is 10.0. The van der Waals surface area contributed by atoms with Crippen LogP contribution in [0.1, 0.15) is 17.9 Å². The molecular weight excluding hydrogens is 152 g/mol. The first-order chi connectivity index (χ1) is 5.86. The summed E-state index contributed by atoms with van der Waals surface area (Å²) >= 11 is 0. The first kappa shape index (κ1) is 7.35. The summed E-state index contributed by atoms with van der Waals surface area (Å²) in [5, 5.41) is 0. The maximum Gasteiger partial charge on any atom is 0.306 e. The van der Waals surface area contributed by atoms with Gasteiger partial charge in [-0.25, -0.2) is 0 Å². The fraction of sp³-hybridized carbons (Fsp3) is 0.300. The van der Waals surface area contributed by atoms with Crippen LogP contribution in [0.5, 0.6) is 0 Å². The molecule has 0 aliphatic carbocycles. The molecular formula is C10H10O2. The van der Waals surface area contributed by atoms with Crippen LogP contribution in [0, 0.1) is 0 Å². The molecule has 62 valence electrons. The first-order valence-electron chi connectivity index (χ1n) is 4.07. The summed E-state index contributed by atoms with van der Waals surface area (Å²) in [4.78, 5) is 10.8. The zero-order valence-electron chi connectivity index (χ0n) is 6.69. The van der Waals surface area contributed by atoms with Crippen LogP contribution in [0.2, 0.25) is 0 Å². The Kier molecular flexibility index (Phi) is 1.82. The van der Waals surface area contributed by atoms with Crippen molar-refractivity contribution in [2.45, 2.75) is 12.3 Å². The zero-order valence-corrected chi connectivity index (χ0v) is 6.69. The largest absolute Gasteiger partial charge is 0.465 e. The second kappa shape index (κ2) is 2.97. The second-order valence-corrected chi connectivity index (χ2v) is 2.99. The standard InChI is InChI=1S/C10H10O2/c11-10-6-9(7-12-10)8-4-2-1-3-5-8/h1-5,9H,6-7H2/t9-/m0/s1. The van der Waals surface area contributed by atoms with Gasteiger partial charge in [-0.05, 0) is 5.56 Å². The molecule has 2 rings (SSSR count). The quantitative estimate of drug-likeness (QED) is 0.588. The van der Waals surface area contributed by atoms with Crippen molar-refractivity contribution < 1.29 is 9.53 Å². The van der Waals surface area contributed by atoms with E-state index in [1.807, 2.05) is 30.3 Å². The van der Waals surface area contributed by atoms with Crippen LogP contribution in [-0.2, 0) is 9.53 Å². The highest BCUT2D eigenvalue weighted by atomic mass is 16.5. The van der Waals surface area contributed by atoms with Crippen LogP contribution >= 0.6 is 0 Å². The fourth-order valence-corrected chi connectivity index (χ4v) is 1.45. The first-order valence-corrected chi connectivity index (χ1v) is 4.07. The van der Waals surface area contributed by atoms with E-state index in [-0.39, 0.29) is 11.9 Å². The molecule has 0 spiro atoms. The molecule has 1 fully saturated rings. The molecule has 0 radical (unpaired) electrons. The predicted molar refractivity (Wildman–Crippen MR) is 44.8 cm³/mol. The van der Waals surface area contributed by atoms with E-state index in [1.54, 1.807) is 0 Å². The van der Waals surface area contributed by atoms with Gasteiger partial charge in [0.25, 0.3) is 0 Å². The van der Waals surface area contributed by atoms with Crippen molar-refractivity contribution in [3.8, 4) is 0 Å². The molecule has 0 unspecified atom stereocenters. The van der Waals surface area contributed by atoms with Gasteiger partial charge in [0.1, 0.15) is 0 Å². The van der Waals surface area contributed by atoms with Crippen molar-refractivity contribution in [2.75, 3.05) is 6.61 Å². The minimum atomic E-state index is -0.0798. The lowest BCUT2D eigenvalue weighted by Crippen LogP contribution is -1.96. The van der Waals surface area contributed by atoms with Gasteiger partial charge in [-0.1, -0.05) is 30.3 Å². The highest BCUT2D eigenvalue weighted by molar-refractivity contribution is 5.72. The number of hydrogen-bond donors (Lipinski definition) is 0. The average Bonchev–Trinajstić information content (AvgIpc) is 2.54. The minimum Gasteiger partial charge on any atom is -0.465 e. The molecule has 1 saturated heterocycles. The SMILES string of the molecule is O=C1C[C@H](c2ccccc2)CO1. The number of benzene rings is 1. The number of ether oxygens (including phenoxy) is 1. The topological polar surface area (TPSA) is 26.3 Å². The molecule has 2 nitrogen and oxygen atoms in total. The summed E-state index contributed by atoms with van der Waals surface area (Å²) < 4.78 is 4.88. The van der Waals surface area contributed by atoms with Crippen molar-refractivity contribution in [3.63, 3.8) is 0 Å². The van der Waals surface area contributed by atoms with Gasteiger partial charge < -0.3 is 4.74 Å². The number of esters is 1. The molecule has 0 amide bonds. The molecule has 0 aromatic heterocycles. The van der Waals surface area contributed by atoms with E-state index in [1.165, 1.54) is 5.56 Å². The fourth-order valence-electron chi connectivity index (χ4n) is 1.45. The summed E-state index contributed by atoms with van der Waals surface area (Å²) in [5.74, 6) is 0.197. The Hall–Kier alpha value is -1.31. The zero-order chi connectivity index (χ0) is 8.39. The van der Waals surface area contributed by atoms with Crippen LogP contribution in [0.15, 0.2) is 30.3 Å². The Labute approximate surface area is 71.2 Å². The molecule has 1 heterocycles. The van der Waals surface area contributed by atoms with Crippen LogP contribution in [0.25, 0.3) is 0 Å². The summed E-state index contributed by atoms with van der Waals surface area (Å²) in [6.07, 6.45) is 0.532. The minimum absolute atomic E-state index is 0.0798. The number of hydrogen-bond acceptors (Lipinski definition) is 2. The third-order valence-corrected chi connectivity index (χ3v) is 2.13. The van der Waals surface area contributed by atoms with Crippen molar-refractivity contribution in [1.82, 2.24) is 0 Å². The van der Waals surface area contributed by atoms with E-state index in [0.29, 0.717) is 13.0 Å². The van der Waals surface area contributed by atoms with E-state index in [0.717, 1.165) is 0 Å². The molecule has 2 heteroatoms. The van der Waals surface area contributed by atoms with Crippen molar-refractivity contribution >= 4 is 5.97 Å². The van der Waals surface area contributed by atoms with E-state index in [4.69, 9.17) is 4.74 Å². The van der Waals surface area contributed by atoms with Crippen LogP contribution in [0.4, 0.5) is 0 Å². The van der Waals surface area contributed by atoms with Gasteiger partial charge in [0.2, 0.25) is 0 Å². The monoisotopic (exact) mass is 162 g/mol. The van der Waals surface area contributed by atoms with Gasteiger partial charge in [-0.15, -0.1) is 0 Å². The van der Waals surface area contributed by atoms with Crippen LogP contribution in [-0.4, -0.2) is 12.6 Å². The maximum absolute atomic E-state index is 10.8. The van der Waals surface area contributed by atoms with Crippen molar-refractivity contribution in [2.24, 2.45) is 0 Å². The lowest BCUT2D eigenvalue weighted by molar-refractivity contribution is -0.137. The molecule has 1 aliphatic rings. The van der Waals surface area contributed by atoms with E-state index in [9.17, 15) is 4.79 Å². The molecule has 0 saturated carbocycles. The molecule has 0 bridgehead atoms. The third kappa shape index (κ3) is 1.33. The van der Waals surface area contributed by atoms with Crippen molar-refractivity contribution in [3.05, 3.63) is 35.9 Å². The molecule has 0 N–H and O–H groups in total. The Morgan fingerprint density at radius 3 is 2.58 bits per heavy atom. The smallest absolute Gasteiger partial charge is 0.306 e. The van der Waals surface area contributed by atoms with Gasteiger partial charge in [-0.3, -0.25) is 4.79 Å². The van der Waals surface area contributed by atoms with Crippen LogP contribution < -0.4 is 0 Å². The normalized spacial score (nSPS) is 22.3. The van der Waals surface area contributed by atoms with Gasteiger partial charge in [-0.2, -0.15) is 0 Å². The van der Waals surface area contributed by atoms with Gasteiger partial charge >= 0.3 is 5.97 Å². The highest BCUT2D eigenvalue weighted by Crippen LogP contribution is 2.25. The van der Waals surface area contributed by atoms with E-state index < -0.39 is 0 Å². The summed E-state index contributed by atoms with van der Waals surface area (Å²) in [6.45, 7) is 0.544. The van der Waals surface area contributed by atoms with Gasteiger partial charge in [0, 0.05) is 5.92 Å². The Morgan fingerprint density at radius 2 is 2.00 bits per heavy atom. The summed E-state index contributed by atoms with van der Waals surface area (Å²) in [7, 11) is 0. The van der Waals surface area contributed by atoms with Crippen LogP contribution in [0.3, 0.4) is 0 Å². The summed E-state index contributed by atoms with van der Waals surface area (Å²) in [5.41, 5.74) is 1.20. The Bertz CT molecular complexity index is 279. The maximum atomic E-state index is 10.8. The Balaban J connectivity index is 2.16. The molecule has 1 aliphatic heterocycles. The molecule has 1 atom stereocenters. The highest BCUT2D eigenvalue weighted by Gasteiger charge is 2.24. The lowest BCUT2D eigenvalue weighted by Gasteiger charge is -2.04. The van der Waals surface area contributed by atoms with Gasteiger partial charge in [0.15, 0.2) is 0 Å². The number of cyclic esters (lactones) is 1. The molecule has 12 heavy (non-hydrogen) atoms. The average molecular weight is 162 g/mol. The predicted octanol–water partition coefficient (Wildman–Crippen LogP) is 1.72. The number of carbonyl (C=O) groups is 1. The van der Waals surface area contributed by atoms with E-state index in [2.05, 4.69) is 0 Å².